The van der Waals surface area contributed by atoms with Gasteiger partial charge in [0, 0.05) is 63.8 Å². The monoisotopic (exact) mass is 489 g/mol. The molecule has 1 saturated heterocycles. The number of urea groups is 1. The molecule has 34 heavy (non-hydrogen) atoms. The Labute approximate surface area is 200 Å². The maximum atomic E-state index is 13.0. The van der Waals surface area contributed by atoms with Gasteiger partial charge in [-0.1, -0.05) is 23.7 Å². The fourth-order valence-electron chi connectivity index (χ4n) is 3.88. The first kappa shape index (κ1) is 23.8. The second-order valence-corrected chi connectivity index (χ2v) is 8.55. The number of anilines is 1. The number of amides is 2. The highest BCUT2D eigenvalue weighted by Crippen LogP contribution is 2.37. The molecule has 4 rings (SSSR count). The van der Waals surface area contributed by atoms with E-state index in [0.717, 1.165) is 12.1 Å². The topological polar surface area (TPSA) is 52.6 Å². The van der Waals surface area contributed by atoms with Gasteiger partial charge in [0.05, 0.1) is 16.3 Å². The molecule has 0 aliphatic carbocycles. The van der Waals surface area contributed by atoms with Crippen LogP contribution in [0.25, 0.3) is 22.4 Å². The van der Waals surface area contributed by atoms with Gasteiger partial charge in [0.15, 0.2) is 0 Å². The predicted molar refractivity (Wildman–Crippen MR) is 126 cm³/mol. The van der Waals surface area contributed by atoms with Gasteiger partial charge in [-0.2, -0.15) is 13.2 Å². The van der Waals surface area contributed by atoms with E-state index in [2.05, 4.69) is 9.88 Å². The van der Waals surface area contributed by atoms with Crippen LogP contribution in [0.4, 0.5) is 23.8 Å². The predicted octanol–water partition coefficient (Wildman–Crippen LogP) is 5.29. The number of pyridine rings is 2. The lowest BCUT2D eigenvalue weighted by molar-refractivity contribution is -0.137. The van der Waals surface area contributed by atoms with E-state index in [-0.39, 0.29) is 6.03 Å². The Bertz CT molecular complexity index is 1180. The summed E-state index contributed by atoms with van der Waals surface area (Å²) in [6, 6.07) is 10.4. The summed E-state index contributed by atoms with van der Waals surface area (Å²) >= 11 is 6.41. The Hall–Kier alpha value is -3.33. The summed E-state index contributed by atoms with van der Waals surface area (Å²) in [7, 11) is 3.45. The molecule has 1 aromatic carbocycles. The van der Waals surface area contributed by atoms with Gasteiger partial charge in [-0.05, 0) is 35.9 Å². The van der Waals surface area contributed by atoms with Crippen molar-refractivity contribution in [3.05, 3.63) is 65.4 Å². The van der Waals surface area contributed by atoms with Crippen LogP contribution in [-0.4, -0.2) is 66.1 Å². The van der Waals surface area contributed by atoms with Crippen LogP contribution in [0.2, 0.25) is 5.02 Å². The zero-order chi connectivity index (χ0) is 24.5. The van der Waals surface area contributed by atoms with E-state index in [1.54, 1.807) is 36.2 Å². The van der Waals surface area contributed by atoms with Crippen molar-refractivity contribution >= 4 is 23.4 Å². The molecule has 2 amide bonds. The Balaban J connectivity index is 1.69. The van der Waals surface area contributed by atoms with Crippen LogP contribution in [-0.2, 0) is 6.18 Å². The summed E-state index contributed by atoms with van der Waals surface area (Å²) in [4.78, 5) is 26.5. The third-order valence-corrected chi connectivity index (χ3v) is 5.99. The molecule has 3 heterocycles. The maximum absolute atomic E-state index is 13.0. The standard InChI is InChI=1S/C24H23ClF3N5O/c1-31(2)23(34)33-13-11-32(12-14-33)21-8-7-18(16-3-5-17(6-4-16)24(26,27)28)22(30-21)19-9-10-29-15-20(19)25/h3-10,15H,11-14H2,1-2H3. The quantitative estimate of drug-likeness (QED) is 0.502. The van der Waals surface area contributed by atoms with Gasteiger partial charge in [0.1, 0.15) is 5.82 Å². The van der Waals surface area contributed by atoms with Crippen LogP contribution >= 0.6 is 11.6 Å². The second-order valence-electron chi connectivity index (χ2n) is 8.15. The van der Waals surface area contributed by atoms with Gasteiger partial charge in [-0.3, -0.25) is 4.98 Å². The zero-order valence-corrected chi connectivity index (χ0v) is 19.4. The largest absolute Gasteiger partial charge is 0.416 e. The molecule has 1 fully saturated rings. The molecule has 0 bridgehead atoms. The average Bonchev–Trinajstić information content (AvgIpc) is 2.83. The molecule has 1 aliphatic heterocycles. The molecule has 3 aromatic rings. The lowest BCUT2D eigenvalue weighted by Gasteiger charge is -2.36. The molecule has 0 radical (unpaired) electrons. The van der Waals surface area contributed by atoms with E-state index >= 15 is 0 Å². The summed E-state index contributed by atoms with van der Waals surface area (Å²) in [6.07, 6.45) is -1.31. The first-order valence-electron chi connectivity index (χ1n) is 10.6. The van der Waals surface area contributed by atoms with Crippen LogP contribution in [0.3, 0.4) is 0 Å². The minimum Gasteiger partial charge on any atom is -0.353 e. The minimum atomic E-state index is -4.41. The van der Waals surface area contributed by atoms with Gasteiger partial charge in [0.25, 0.3) is 0 Å². The van der Waals surface area contributed by atoms with E-state index < -0.39 is 11.7 Å². The number of hydrogen-bond donors (Lipinski definition) is 0. The Morgan fingerprint density at radius 3 is 2.24 bits per heavy atom. The number of aromatic nitrogens is 2. The first-order chi connectivity index (χ1) is 16.1. The van der Waals surface area contributed by atoms with Crippen molar-refractivity contribution in [2.24, 2.45) is 0 Å². The maximum Gasteiger partial charge on any atom is 0.416 e. The minimum absolute atomic E-state index is 0.0329. The molecule has 0 N–H and O–H groups in total. The number of alkyl halides is 3. The fraction of sp³-hybridized carbons (Fsp3) is 0.292. The van der Waals surface area contributed by atoms with Gasteiger partial charge in [-0.25, -0.2) is 9.78 Å². The number of carbonyl (C=O) groups is 1. The van der Waals surface area contributed by atoms with Gasteiger partial charge in [0.2, 0.25) is 0 Å². The average molecular weight is 490 g/mol. The number of carbonyl (C=O) groups excluding carboxylic acids is 1. The van der Waals surface area contributed by atoms with Gasteiger partial charge in [-0.15, -0.1) is 0 Å². The molecule has 2 aromatic heterocycles. The van der Waals surface area contributed by atoms with Crippen LogP contribution in [0.15, 0.2) is 54.9 Å². The van der Waals surface area contributed by atoms with Crippen molar-refractivity contribution < 1.29 is 18.0 Å². The molecule has 0 atom stereocenters. The van der Waals surface area contributed by atoms with Crippen molar-refractivity contribution in [1.29, 1.82) is 0 Å². The number of halogens is 4. The van der Waals surface area contributed by atoms with E-state index in [1.807, 2.05) is 12.1 Å². The number of rotatable bonds is 3. The van der Waals surface area contributed by atoms with E-state index in [9.17, 15) is 18.0 Å². The molecule has 0 spiro atoms. The highest BCUT2D eigenvalue weighted by atomic mass is 35.5. The molecular weight excluding hydrogens is 467 g/mol. The highest BCUT2D eigenvalue weighted by Gasteiger charge is 2.30. The molecule has 10 heteroatoms. The SMILES string of the molecule is CN(C)C(=O)N1CCN(c2ccc(-c3ccc(C(F)(F)F)cc3)c(-c3ccncc3Cl)n2)CC1. The fourth-order valence-corrected chi connectivity index (χ4v) is 4.09. The first-order valence-corrected chi connectivity index (χ1v) is 11.0. The number of piperazine rings is 1. The molecule has 0 unspecified atom stereocenters. The molecule has 178 valence electrons. The molecule has 6 nitrogen and oxygen atoms in total. The summed E-state index contributed by atoms with van der Waals surface area (Å²) in [5.74, 6) is 0.704. The van der Waals surface area contributed by atoms with Crippen LogP contribution < -0.4 is 4.90 Å². The van der Waals surface area contributed by atoms with Gasteiger partial charge >= 0.3 is 12.2 Å². The van der Waals surface area contributed by atoms with Crippen LogP contribution in [0.5, 0.6) is 0 Å². The molecule has 1 aliphatic rings. The zero-order valence-electron chi connectivity index (χ0n) is 18.7. The van der Waals surface area contributed by atoms with Crippen LogP contribution in [0, 0.1) is 0 Å². The number of hydrogen-bond acceptors (Lipinski definition) is 4. The number of nitrogens with zero attached hydrogens (tertiary/aromatic N) is 5. The van der Waals surface area contributed by atoms with Crippen LogP contribution in [0.1, 0.15) is 5.56 Å². The van der Waals surface area contributed by atoms with E-state index in [0.29, 0.717) is 59.4 Å². The highest BCUT2D eigenvalue weighted by molar-refractivity contribution is 6.33. The summed E-state index contributed by atoms with van der Waals surface area (Å²) in [5, 5.41) is 0.390. The Morgan fingerprint density at radius 2 is 1.65 bits per heavy atom. The summed E-state index contributed by atoms with van der Waals surface area (Å²) < 4.78 is 39.1. The summed E-state index contributed by atoms with van der Waals surface area (Å²) in [6.45, 7) is 2.33. The lowest BCUT2D eigenvalue weighted by Crippen LogP contribution is -2.51. The van der Waals surface area contributed by atoms with Crippen molar-refractivity contribution in [3.63, 3.8) is 0 Å². The smallest absolute Gasteiger partial charge is 0.353 e. The molecule has 0 saturated carbocycles. The Kier molecular flexibility index (Phi) is 6.65. The van der Waals surface area contributed by atoms with E-state index in [1.165, 1.54) is 18.3 Å². The normalized spacial score (nSPS) is 14.3. The van der Waals surface area contributed by atoms with Gasteiger partial charge < -0.3 is 14.7 Å². The van der Waals surface area contributed by atoms with Crippen molar-refractivity contribution in [3.8, 4) is 22.4 Å². The van der Waals surface area contributed by atoms with Crippen molar-refractivity contribution in [2.75, 3.05) is 45.2 Å². The van der Waals surface area contributed by atoms with Crippen molar-refractivity contribution in [1.82, 2.24) is 19.8 Å². The molecular formula is C24H23ClF3N5O. The third-order valence-electron chi connectivity index (χ3n) is 5.69. The van der Waals surface area contributed by atoms with Crippen molar-refractivity contribution in [2.45, 2.75) is 6.18 Å². The van der Waals surface area contributed by atoms with E-state index in [4.69, 9.17) is 16.6 Å². The second kappa shape index (κ2) is 9.50. The third kappa shape index (κ3) is 4.94. The lowest BCUT2D eigenvalue weighted by atomic mass is 9.98. The Morgan fingerprint density at radius 1 is 0.971 bits per heavy atom. The number of benzene rings is 1. The summed E-state index contributed by atoms with van der Waals surface area (Å²) in [5.41, 5.74) is 1.73.